The van der Waals surface area contributed by atoms with Gasteiger partial charge in [-0.1, -0.05) is 72.8 Å². The predicted octanol–water partition coefficient (Wildman–Crippen LogP) is 5.93. The number of hydrogen-bond donors (Lipinski definition) is 1. The van der Waals surface area contributed by atoms with Crippen LogP contribution >= 0.6 is 11.8 Å². The van der Waals surface area contributed by atoms with Crippen molar-refractivity contribution in [3.05, 3.63) is 93.2 Å². The Bertz CT molecular complexity index is 1250. The van der Waals surface area contributed by atoms with Crippen molar-refractivity contribution in [3.8, 4) is 0 Å². The molecule has 0 spiro atoms. The molecule has 1 amide bonds. The summed E-state index contributed by atoms with van der Waals surface area (Å²) in [5, 5.41) is 5.79. The molecule has 36 heavy (non-hydrogen) atoms. The molecular formula is C29H33N3O3S. The van der Waals surface area contributed by atoms with Gasteiger partial charge < -0.3 is 15.0 Å². The Hall–Kier alpha value is -3.32. The highest BCUT2D eigenvalue weighted by atomic mass is 32.2. The Morgan fingerprint density at radius 2 is 1.89 bits per heavy atom. The van der Waals surface area contributed by atoms with Gasteiger partial charge in [-0.15, -0.1) is 0 Å². The van der Waals surface area contributed by atoms with Crippen molar-refractivity contribution in [2.24, 2.45) is 4.99 Å². The number of rotatable bonds is 8. The van der Waals surface area contributed by atoms with Gasteiger partial charge in [0.05, 0.1) is 23.7 Å². The maximum Gasteiger partial charge on any atom is 0.338 e. The van der Waals surface area contributed by atoms with Gasteiger partial charge in [0.25, 0.3) is 0 Å². The first-order chi connectivity index (χ1) is 17.3. The van der Waals surface area contributed by atoms with E-state index in [0.29, 0.717) is 11.3 Å². The van der Waals surface area contributed by atoms with Crippen LogP contribution < -0.4 is 5.32 Å². The van der Waals surface area contributed by atoms with E-state index in [1.165, 1.54) is 11.8 Å². The summed E-state index contributed by atoms with van der Waals surface area (Å²) in [6.45, 7) is 10.2. The summed E-state index contributed by atoms with van der Waals surface area (Å²) in [4.78, 5) is 33.2. The lowest BCUT2D eigenvalue weighted by Crippen LogP contribution is -2.39. The molecule has 2 aliphatic heterocycles. The summed E-state index contributed by atoms with van der Waals surface area (Å²) in [6, 6.07) is 15.6. The highest BCUT2D eigenvalue weighted by Gasteiger charge is 2.41. The third-order valence-electron chi connectivity index (χ3n) is 6.52. The SMILES string of the molecule is CC[C@H](C)NC(=O)CC1=CSC2=NC(C)=C(C(=O)OCc3ccccc3)[C@H](c3cc(C)ccc3C)N12. The molecule has 0 saturated heterocycles. The zero-order valence-electron chi connectivity index (χ0n) is 21.5. The van der Waals surface area contributed by atoms with E-state index in [9.17, 15) is 9.59 Å². The van der Waals surface area contributed by atoms with Crippen LogP contribution in [0.4, 0.5) is 0 Å². The lowest BCUT2D eigenvalue weighted by Gasteiger charge is -2.37. The summed E-state index contributed by atoms with van der Waals surface area (Å²) < 4.78 is 5.79. The molecule has 0 bridgehead atoms. The van der Waals surface area contributed by atoms with Crippen LogP contribution in [0.3, 0.4) is 0 Å². The largest absolute Gasteiger partial charge is 0.457 e. The second kappa shape index (κ2) is 11.2. The molecule has 6 nitrogen and oxygen atoms in total. The average molecular weight is 504 g/mol. The Morgan fingerprint density at radius 3 is 2.61 bits per heavy atom. The number of nitrogens with zero attached hydrogens (tertiary/aromatic N) is 2. The standard InChI is InChI=1S/C29H33N3O3S/c1-6-20(4)30-25(33)15-23-17-36-29-31-21(5)26(28(34)35-16-22-10-8-7-9-11-22)27(32(23)29)24-14-18(2)12-13-19(24)3/h7-14,17,20,27H,6,15-16H2,1-5H3,(H,30,33)/t20-,27-/m0/s1. The number of aliphatic imine (C=N–C) groups is 1. The number of amides is 1. The van der Waals surface area contributed by atoms with Gasteiger partial charge in [0, 0.05) is 11.7 Å². The molecule has 2 aromatic carbocycles. The molecule has 0 saturated carbocycles. The number of fused-ring (bicyclic) bond motifs is 1. The van der Waals surface area contributed by atoms with Crippen LogP contribution in [-0.2, 0) is 20.9 Å². The highest BCUT2D eigenvalue weighted by molar-refractivity contribution is 8.16. The summed E-state index contributed by atoms with van der Waals surface area (Å²) in [5.74, 6) is -0.443. The van der Waals surface area contributed by atoms with Crippen LogP contribution in [0.1, 0.15) is 61.9 Å². The van der Waals surface area contributed by atoms with Crippen molar-refractivity contribution in [2.75, 3.05) is 0 Å². The van der Waals surface area contributed by atoms with E-state index in [0.717, 1.165) is 39.5 Å². The lowest BCUT2D eigenvalue weighted by atomic mass is 9.90. The minimum absolute atomic E-state index is 0.0448. The van der Waals surface area contributed by atoms with Crippen molar-refractivity contribution in [2.45, 2.75) is 66.2 Å². The van der Waals surface area contributed by atoms with Gasteiger partial charge in [0.1, 0.15) is 6.61 Å². The fraction of sp³-hybridized carbons (Fsp3) is 0.345. The first kappa shape index (κ1) is 25.8. The van der Waals surface area contributed by atoms with Crippen molar-refractivity contribution in [3.63, 3.8) is 0 Å². The van der Waals surface area contributed by atoms with Crippen LogP contribution in [0.25, 0.3) is 0 Å². The number of ether oxygens (including phenoxy) is 1. The van der Waals surface area contributed by atoms with Gasteiger partial charge in [-0.3, -0.25) is 4.79 Å². The Morgan fingerprint density at radius 1 is 1.14 bits per heavy atom. The summed E-state index contributed by atoms with van der Waals surface area (Å²) in [5.41, 5.74) is 6.05. The van der Waals surface area contributed by atoms with Gasteiger partial charge in [0.15, 0.2) is 5.17 Å². The van der Waals surface area contributed by atoms with Gasteiger partial charge in [0.2, 0.25) is 5.91 Å². The summed E-state index contributed by atoms with van der Waals surface area (Å²) in [6.07, 6.45) is 1.07. The number of esters is 1. The van der Waals surface area contributed by atoms with Gasteiger partial charge >= 0.3 is 5.97 Å². The second-order valence-corrected chi connectivity index (χ2v) is 10.2. The number of allylic oxidation sites excluding steroid dienone is 1. The van der Waals surface area contributed by atoms with E-state index in [1.54, 1.807) is 0 Å². The molecule has 0 aliphatic carbocycles. The zero-order valence-corrected chi connectivity index (χ0v) is 22.3. The van der Waals surface area contributed by atoms with Crippen molar-refractivity contribution in [1.82, 2.24) is 10.2 Å². The Labute approximate surface area is 217 Å². The third kappa shape index (κ3) is 5.57. The number of amidine groups is 1. The Kier molecular flexibility index (Phi) is 7.99. The number of hydrogen-bond acceptors (Lipinski definition) is 6. The van der Waals surface area contributed by atoms with Crippen LogP contribution in [0.5, 0.6) is 0 Å². The number of aryl methyl sites for hydroxylation is 2. The topological polar surface area (TPSA) is 71.0 Å². The van der Waals surface area contributed by atoms with Crippen LogP contribution in [0.15, 0.2) is 75.9 Å². The molecule has 188 valence electrons. The molecule has 2 atom stereocenters. The molecule has 0 unspecified atom stereocenters. The molecule has 0 fully saturated rings. The quantitative estimate of drug-likeness (QED) is 0.452. The van der Waals surface area contributed by atoms with Crippen LogP contribution in [0.2, 0.25) is 0 Å². The van der Waals surface area contributed by atoms with E-state index in [1.807, 2.05) is 75.3 Å². The average Bonchev–Trinajstić information content (AvgIpc) is 3.25. The molecule has 2 heterocycles. The fourth-order valence-corrected chi connectivity index (χ4v) is 5.34. The molecule has 0 radical (unpaired) electrons. The monoisotopic (exact) mass is 503 g/mol. The van der Waals surface area contributed by atoms with Crippen LogP contribution in [0, 0.1) is 13.8 Å². The molecule has 2 aliphatic rings. The normalized spacial score (nSPS) is 17.8. The summed E-state index contributed by atoms with van der Waals surface area (Å²) >= 11 is 1.48. The first-order valence-electron chi connectivity index (χ1n) is 12.3. The van der Waals surface area contributed by atoms with Crippen molar-refractivity contribution < 1.29 is 14.3 Å². The van der Waals surface area contributed by atoms with Gasteiger partial charge in [-0.25, -0.2) is 9.79 Å². The second-order valence-electron chi connectivity index (χ2n) is 9.37. The van der Waals surface area contributed by atoms with Gasteiger partial charge in [-0.2, -0.15) is 0 Å². The molecule has 0 aromatic heterocycles. The van der Waals surface area contributed by atoms with Crippen molar-refractivity contribution in [1.29, 1.82) is 0 Å². The number of carbonyl (C=O) groups is 2. The maximum atomic E-state index is 13.6. The molecule has 4 rings (SSSR count). The fourth-order valence-electron chi connectivity index (χ4n) is 4.37. The van der Waals surface area contributed by atoms with Gasteiger partial charge in [-0.05, 0) is 56.2 Å². The number of thioether (sulfide) groups is 1. The lowest BCUT2D eigenvalue weighted by molar-refractivity contribution is -0.141. The minimum Gasteiger partial charge on any atom is -0.457 e. The zero-order chi connectivity index (χ0) is 25.8. The minimum atomic E-state index is -0.432. The third-order valence-corrected chi connectivity index (χ3v) is 7.41. The van der Waals surface area contributed by atoms with Crippen LogP contribution in [-0.4, -0.2) is 28.0 Å². The molecule has 1 N–H and O–H groups in total. The molecular weight excluding hydrogens is 470 g/mol. The molecule has 2 aromatic rings. The number of benzene rings is 2. The smallest absolute Gasteiger partial charge is 0.338 e. The highest BCUT2D eigenvalue weighted by Crippen LogP contribution is 2.45. The maximum absolute atomic E-state index is 13.6. The first-order valence-corrected chi connectivity index (χ1v) is 13.2. The van der Waals surface area contributed by atoms with E-state index in [4.69, 9.17) is 9.73 Å². The van der Waals surface area contributed by atoms with E-state index < -0.39 is 12.0 Å². The molecule has 7 heteroatoms. The summed E-state index contributed by atoms with van der Waals surface area (Å²) in [7, 11) is 0. The predicted molar refractivity (Wildman–Crippen MR) is 145 cm³/mol. The van der Waals surface area contributed by atoms with Crippen molar-refractivity contribution >= 4 is 28.8 Å². The van der Waals surface area contributed by atoms with E-state index >= 15 is 0 Å². The number of carbonyl (C=O) groups excluding carboxylic acids is 2. The van der Waals surface area contributed by atoms with E-state index in [-0.39, 0.29) is 25.0 Å². The van der Waals surface area contributed by atoms with E-state index in [2.05, 4.69) is 23.5 Å². The number of nitrogens with one attached hydrogen (secondary N) is 1. The Balaban J connectivity index is 1.70.